The molecule has 2 amide bonds. The molecule has 0 saturated heterocycles. The summed E-state index contributed by atoms with van der Waals surface area (Å²) in [4.78, 5) is 26.9. The van der Waals surface area contributed by atoms with Crippen LogP contribution in [0.4, 0.5) is 11.4 Å². The molecule has 1 heterocycles. The highest BCUT2D eigenvalue weighted by atomic mass is 35.5. The van der Waals surface area contributed by atoms with Crippen molar-refractivity contribution >= 4 is 34.8 Å². The molecule has 0 atom stereocenters. The molecule has 1 N–H and O–H groups in total. The van der Waals surface area contributed by atoms with Gasteiger partial charge in [-0.25, -0.2) is 0 Å². The molecule has 154 valence electrons. The number of ether oxygens (including phenoxy) is 2. The minimum absolute atomic E-state index is 0.0258. The van der Waals surface area contributed by atoms with Crippen molar-refractivity contribution in [3.05, 3.63) is 53.1 Å². The number of hydrogen-bond acceptors (Lipinski definition) is 4. The van der Waals surface area contributed by atoms with Crippen LogP contribution in [0.3, 0.4) is 0 Å². The number of carbonyl (C=O) groups is 2. The fraction of sp³-hybridized carbons (Fsp3) is 0.364. The maximum absolute atomic E-state index is 12.8. The molecule has 0 spiro atoms. The highest BCUT2D eigenvalue weighted by Crippen LogP contribution is 2.31. The summed E-state index contributed by atoms with van der Waals surface area (Å²) in [5.74, 6) is 0.164. The van der Waals surface area contributed by atoms with E-state index in [1.54, 1.807) is 43.0 Å². The third-order valence-corrected chi connectivity index (χ3v) is 5.02. The second-order valence-electron chi connectivity index (χ2n) is 7.45. The zero-order valence-corrected chi connectivity index (χ0v) is 17.6. The van der Waals surface area contributed by atoms with Gasteiger partial charge in [0.05, 0.1) is 0 Å². The number of amides is 2. The Labute approximate surface area is 175 Å². The number of halogens is 1. The molecule has 0 unspecified atom stereocenters. The van der Waals surface area contributed by atoms with Gasteiger partial charge in [0.15, 0.2) is 5.60 Å². The Morgan fingerprint density at radius 1 is 1.17 bits per heavy atom. The number of fused-ring (bicyclic) bond motifs is 1. The van der Waals surface area contributed by atoms with Crippen LogP contribution in [0, 0.1) is 0 Å². The lowest BCUT2D eigenvalue weighted by molar-refractivity contribution is -0.128. The fourth-order valence-corrected chi connectivity index (χ4v) is 3.36. The molecule has 3 rings (SSSR count). The van der Waals surface area contributed by atoms with Gasteiger partial charge >= 0.3 is 0 Å². The van der Waals surface area contributed by atoms with Gasteiger partial charge in [-0.3, -0.25) is 9.59 Å². The van der Waals surface area contributed by atoms with Gasteiger partial charge in [0.1, 0.15) is 12.4 Å². The van der Waals surface area contributed by atoms with Crippen molar-refractivity contribution in [1.29, 1.82) is 0 Å². The van der Waals surface area contributed by atoms with Crippen LogP contribution in [-0.2, 0) is 20.7 Å². The third-order valence-electron chi connectivity index (χ3n) is 4.76. The van der Waals surface area contributed by atoms with E-state index < -0.39 is 5.60 Å². The van der Waals surface area contributed by atoms with E-state index in [-0.39, 0.29) is 18.4 Å². The SMILES string of the molecule is COCC(=O)N1CCCc2ccc(NC(=O)C(C)(C)Oc3ccc(Cl)cc3)cc21. The van der Waals surface area contributed by atoms with Gasteiger partial charge in [-0.1, -0.05) is 17.7 Å². The maximum Gasteiger partial charge on any atom is 0.267 e. The Morgan fingerprint density at radius 3 is 2.59 bits per heavy atom. The zero-order valence-electron chi connectivity index (χ0n) is 16.8. The molecule has 29 heavy (non-hydrogen) atoms. The van der Waals surface area contributed by atoms with Gasteiger partial charge in [0.25, 0.3) is 11.8 Å². The van der Waals surface area contributed by atoms with E-state index >= 15 is 0 Å². The van der Waals surface area contributed by atoms with Gasteiger partial charge < -0.3 is 19.7 Å². The standard InChI is InChI=1S/C22H25ClN2O4/c1-22(2,29-18-10-7-16(23)8-11-18)21(27)24-17-9-6-15-5-4-12-25(19(15)13-17)20(26)14-28-3/h6-11,13H,4-5,12,14H2,1-3H3,(H,24,27). The minimum atomic E-state index is -1.10. The molecule has 1 aliphatic rings. The lowest BCUT2D eigenvalue weighted by Gasteiger charge is -2.30. The highest BCUT2D eigenvalue weighted by molar-refractivity contribution is 6.30. The van der Waals surface area contributed by atoms with Crippen LogP contribution in [-0.4, -0.2) is 37.7 Å². The van der Waals surface area contributed by atoms with Crippen molar-refractivity contribution in [2.45, 2.75) is 32.3 Å². The summed E-state index contributed by atoms with van der Waals surface area (Å²) >= 11 is 5.89. The van der Waals surface area contributed by atoms with Crippen LogP contribution < -0.4 is 15.0 Å². The number of benzene rings is 2. The lowest BCUT2D eigenvalue weighted by Crippen LogP contribution is -2.42. The Bertz CT molecular complexity index is 896. The Kier molecular flexibility index (Phi) is 6.45. The first kappa shape index (κ1) is 21.1. The Balaban J connectivity index is 1.75. The molecule has 0 aromatic heterocycles. The average Bonchev–Trinajstić information content (AvgIpc) is 2.69. The minimum Gasteiger partial charge on any atom is -0.478 e. The number of anilines is 2. The maximum atomic E-state index is 12.8. The molecule has 2 aromatic carbocycles. The van der Waals surface area contributed by atoms with Crippen LogP contribution in [0.5, 0.6) is 5.75 Å². The lowest BCUT2D eigenvalue weighted by atomic mass is 10.0. The van der Waals surface area contributed by atoms with E-state index in [9.17, 15) is 9.59 Å². The largest absolute Gasteiger partial charge is 0.478 e. The van der Waals surface area contributed by atoms with E-state index in [0.29, 0.717) is 23.0 Å². The van der Waals surface area contributed by atoms with E-state index in [2.05, 4.69) is 5.32 Å². The molecule has 7 heteroatoms. The monoisotopic (exact) mass is 416 g/mol. The summed E-state index contributed by atoms with van der Waals surface area (Å²) in [5, 5.41) is 3.49. The average molecular weight is 417 g/mol. The highest BCUT2D eigenvalue weighted by Gasteiger charge is 2.31. The van der Waals surface area contributed by atoms with Crippen LogP contribution in [0.2, 0.25) is 5.02 Å². The van der Waals surface area contributed by atoms with Crippen LogP contribution in [0.25, 0.3) is 0 Å². The van der Waals surface area contributed by atoms with Gasteiger partial charge in [-0.2, -0.15) is 0 Å². The van der Waals surface area contributed by atoms with Gasteiger partial charge in [0, 0.05) is 30.1 Å². The van der Waals surface area contributed by atoms with E-state index in [0.717, 1.165) is 24.1 Å². The quantitative estimate of drug-likeness (QED) is 0.771. The molecule has 1 aliphatic heterocycles. The number of nitrogens with zero attached hydrogens (tertiary/aromatic N) is 1. The number of aryl methyl sites for hydroxylation is 1. The van der Waals surface area contributed by atoms with Crippen LogP contribution in [0.1, 0.15) is 25.8 Å². The second-order valence-corrected chi connectivity index (χ2v) is 7.88. The zero-order chi connectivity index (χ0) is 21.0. The summed E-state index contributed by atoms with van der Waals surface area (Å²) in [6.45, 7) is 4.06. The van der Waals surface area contributed by atoms with E-state index in [1.807, 2.05) is 18.2 Å². The van der Waals surface area contributed by atoms with Crippen molar-refractivity contribution < 1.29 is 19.1 Å². The van der Waals surface area contributed by atoms with Crippen molar-refractivity contribution in [2.75, 3.05) is 30.5 Å². The molecule has 2 aromatic rings. The Hall–Kier alpha value is -2.57. The molecule has 6 nitrogen and oxygen atoms in total. The van der Waals surface area contributed by atoms with Gasteiger partial charge in [0.2, 0.25) is 0 Å². The molecule has 0 fully saturated rings. The molecule has 0 aliphatic carbocycles. The van der Waals surface area contributed by atoms with Crippen molar-refractivity contribution in [3.8, 4) is 5.75 Å². The smallest absolute Gasteiger partial charge is 0.267 e. The van der Waals surface area contributed by atoms with E-state index in [1.165, 1.54) is 7.11 Å². The molecule has 0 saturated carbocycles. The molecular weight excluding hydrogens is 392 g/mol. The number of methoxy groups -OCH3 is 1. The van der Waals surface area contributed by atoms with Crippen molar-refractivity contribution in [3.63, 3.8) is 0 Å². The topological polar surface area (TPSA) is 67.9 Å². The summed E-state index contributed by atoms with van der Waals surface area (Å²) < 4.78 is 10.8. The Morgan fingerprint density at radius 2 is 1.90 bits per heavy atom. The predicted octanol–water partition coefficient (Wildman–Crippen LogP) is 4.06. The summed E-state index contributed by atoms with van der Waals surface area (Å²) in [5.41, 5.74) is 1.40. The first-order valence-corrected chi connectivity index (χ1v) is 9.86. The van der Waals surface area contributed by atoms with Crippen molar-refractivity contribution in [1.82, 2.24) is 0 Å². The van der Waals surface area contributed by atoms with Crippen LogP contribution >= 0.6 is 11.6 Å². The summed E-state index contributed by atoms with van der Waals surface area (Å²) in [6.07, 6.45) is 1.79. The summed E-state index contributed by atoms with van der Waals surface area (Å²) in [7, 11) is 1.50. The van der Waals surface area contributed by atoms with Crippen LogP contribution in [0.15, 0.2) is 42.5 Å². The molecule has 0 bridgehead atoms. The predicted molar refractivity (Wildman–Crippen MR) is 114 cm³/mol. The number of carbonyl (C=O) groups excluding carboxylic acids is 2. The number of hydrogen-bond donors (Lipinski definition) is 1. The summed E-state index contributed by atoms with van der Waals surface area (Å²) in [6, 6.07) is 12.5. The van der Waals surface area contributed by atoms with E-state index in [4.69, 9.17) is 21.1 Å². The first-order valence-electron chi connectivity index (χ1n) is 9.48. The molecule has 0 radical (unpaired) electrons. The number of nitrogens with one attached hydrogen (secondary N) is 1. The van der Waals surface area contributed by atoms with Crippen molar-refractivity contribution in [2.24, 2.45) is 0 Å². The molecular formula is C22H25ClN2O4. The fourth-order valence-electron chi connectivity index (χ4n) is 3.24. The normalized spacial score (nSPS) is 13.6. The number of rotatable bonds is 6. The first-order chi connectivity index (χ1) is 13.8. The van der Waals surface area contributed by atoms with Gasteiger partial charge in [-0.05, 0) is 68.7 Å². The second kappa shape index (κ2) is 8.84. The third kappa shape index (κ3) is 5.08. The van der Waals surface area contributed by atoms with Gasteiger partial charge in [-0.15, -0.1) is 0 Å².